The number of hydrogen-bond donors (Lipinski definition) is 1. The Morgan fingerprint density at radius 3 is 2.71 bits per heavy atom. The molecule has 0 aromatic heterocycles. The highest BCUT2D eigenvalue weighted by atomic mass is 16.2. The van der Waals surface area contributed by atoms with Crippen molar-refractivity contribution in [2.45, 2.75) is 57.4 Å². The van der Waals surface area contributed by atoms with Crippen molar-refractivity contribution < 1.29 is 4.79 Å². The Morgan fingerprint density at radius 2 is 1.95 bits per heavy atom. The summed E-state index contributed by atoms with van der Waals surface area (Å²) in [6.07, 6.45) is 7.71. The molecule has 1 aromatic carbocycles. The molecule has 0 radical (unpaired) electrons. The third-order valence-corrected chi connectivity index (χ3v) is 5.03. The lowest BCUT2D eigenvalue weighted by Gasteiger charge is -2.33. The van der Waals surface area contributed by atoms with Crippen LogP contribution in [-0.4, -0.2) is 5.91 Å². The molecule has 1 fully saturated rings. The van der Waals surface area contributed by atoms with Crippen molar-refractivity contribution in [1.29, 1.82) is 5.26 Å². The summed E-state index contributed by atoms with van der Waals surface area (Å²) in [5.74, 6) is -0.0496. The minimum atomic E-state index is -0.787. The van der Waals surface area contributed by atoms with Crippen LogP contribution in [0.5, 0.6) is 0 Å². The molecule has 3 rings (SSSR count). The highest BCUT2D eigenvalue weighted by Crippen LogP contribution is 2.37. The highest BCUT2D eigenvalue weighted by Gasteiger charge is 2.40. The number of nitriles is 1. The fourth-order valence-corrected chi connectivity index (χ4v) is 3.75. The number of nitrogens with one attached hydrogen (secondary N) is 1. The lowest BCUT2D eigenvalue weighted by molar-refractivity contribution is -0.130. The van der Waals surface area contributed by atoms with E-state index in [9.17, 15) is 10.1 Å². The van der Waals surface area contributed by atoms with E-state index >= 15 is 0 Å². The number of amides is 1. The Hall–Kier alpha value is -1.82. The smallest absolute Gasteiger partial charge is 0.240 e. The topological polar surface area (TPSA) is 52.9 Å². The number of rotatable bonds is 2. The molecule has 0 saturated heterocycles. The molecule has 110 valence electrons. The van der Waals surface area contributed by atoms with E-state index in [1.165, 1.54) is 11.1 Å². The molecule has 3 nitrogen and oxygen atoms in total. The molecule has 1 saturated carbocycles. The van der Waals surface area contributed by atoms with Crippen LogP contribution in [-0.2, 0) is 11.2 Å². The average Bonchev–Trinajstić information content (AvgIpc) is 2.56. The van der Waals surface area contributed by atoms with Gasteiger partial charge in [0.1, 0.15) is 5.41 Å². The molecule has 2 aliphatic carbocycles. The zero-order valence-electron chi connectivity index (χ0n) is 12.4. The van der Waals surface area contributed by atoms with Crippen molar-refractivity contribution in [1.82, 2.24) is 5.32 Å². The molecule has 21 heavy (non-hydrogen) atoms. The van der Waals surface area contributed by atoms with Gasteiger partial charge < -0.3 is 5.32 Å². The third kappa shape index (κ3) is 2.68. The number of carbonyl (C=O) groups is 1. The zero-order valence-corrected chi connectivity index (χ0v) is 12.4. The van der Waals surface area contributed by atoms with Gasteiger partial charge in [-0.2, -0.15) is 5.26 Å². The number of benzene rings is 1. The van der Waals surface area contributed by atoms with Gasteiger partial charge >= 0.3 is 0 Å². The third-order valence-electron chi connectivity index (χ3n) is 5.03. The van der Waals surface area contributed by atoms with E-state index in [2.05, 4.69) is 29.6 Å². The number of carbonyl (C=O) groups excluding carboxylic acids is 1. The average molecular weight is 282 g/mol. The molecular weight excluding hydrogens is 260 g/mol. The molecule has 1 atom stereocenters. The Bertz CT molecular complexity index is 567. The van der Waals surface area contributed by atoms with Crippen molar-refractivity contribution in [3.63, 3.8) is 0 Å². The molecule has 1 N–H and O–H groups in total. The maximum absolute atomic E-state index is 12.7. The van der Waals surface area contributed by atoms with E-state index in [0.717, 1.165) is 38.5 Å². The summed E-state index contributed by atoms with van der Waals surface area (Å²) in [6.45, 7) is 0. The first kappa shape index (κ1) is 14.1. The SMILES string of the molecule is N#CC1(C(=O)NC2CCCc3ccccc32)CCCCC1. The summed E-state index contributed by atoms with van der Waals surface area (Å²) < 4.78 is 0. The summed E-state index contributed by atoms with van der Waals surface area (Å²) in [5.41, 5.74) is 1.79. The van der Waals surface area contributed by atoms with Gasteiger partial charge in [-0.3, -0.25) is 4.79 Å². The number of aryl methyl sites for hydroxylation is 1. The van der Waals surface area contributed by atoms with Crippen molar-refractivity contribution in [3.05, 3.63) is 35.4 Å². The minimum Gasteiger partial charge on any atom is -0.348 e. The van der Waals surface area contributed by atoms with Gasteiger partial charge in [-0.05, 0) is 43.2 Å². The Morgan fingerprint density at radius 1 is 1.19 bits per heavy atom. The van der Waals surface area contributed by atoms with Crippen LogP contribution in [0.1, 0.15) is 62.1 Å². The maximum Gasteiger partial charge on any atom is 0.240 e. The minimum absolute atomic E-state index is 0.0496. The van der Waals surface area contributed by atoms with Gasteiger partial charge in [-0.1, -0.05) is 43.5 Å². The normalized spacial score (nSPS) is 23.7. The van der Waals surface area contributed by atoms with Crippen molar-refractivity contribution in [3.8, 4) is 6.07 Å². The molecular formula is C18H22N2O. The number of nitrogens with zero attached hydrogens (tertiary/aromatic N) is 1. The molecule has 2 aliphatic rings. The van der Waals surface area contributed by atoms with Gasteiger partial charge in [-0.25, -0.2) is 0 Å². The van der Waals surface area contributed by atoms with Crippen LogP contribution in [0.15, 0.2) is 24.3 Å². The lowest BCUT2D eigenvalue weighted by atomic mass is 9.74. The Kier molecular flexibility index (Phi) is 3.96. The van der Waals surface area contributed by atoms with Crippen LogP contribution in [0.3, 0.4) is 0 Å². The number of hydrogen-bond acceptors (Lipinski definition) is 2. The maximum atomic E-state index is 12.7. The van der Waals surface area contributed by atoms with Gasteiger partial charge in [0.15, 0.2) is 0 Å². The highest BCUT2D eigenvalue weighted by molar-refractivity contribution is 5.86. The summed E-state index contributed by atoms with van der Waals surface area (Å²) >= 11 is 0. The van der Waals surface area contributed by atoms with Gasteiger partial charge in [0, 0.05) is 0 Å². The first-order valence-electron chi connectivity index (χ1n) is 8.05. The quantitative estimate of drug-likeness (QED) is 0.900. The van der Waals surface area contributed by atoms with E-state index in [1.54, 1.807) is 0 Å². The second-order valence-electron chi connectivity index (χ2n) is 6.37. The van der Waals surface area contributed by atoms with Crippen LogP contribution >= 0.6 is 0 Å². The molecule has 0 spiro atoms. The lowest BCUT2D eigenvalue weighted by Crippen LogP contribution is -2.43. The van der Waals surface area contributed by atoms with Crippen molar-refractivity contribution >= 4 is 5.91 Å². The second-order valence-corrected chi connectivity index (χ2v) is 6.37. The van der Waals surface area contributed by atoms with Gasteiger partial charge in [-0.15, -0.1) is 0 Å². The van der Waals surface area contributed by atoms with E-state index in [0.29, 0.717) is 12.8 Å². The monoisotopic (exact) mass is 282 g/mol. The predicted molar refractivity (Wildman–Crippen MR) is 81.4 cm³/mol. The van der Waals surface area contributed by atoms with Crippen molar-refractivity contribution in [2.75, 3.05) is 0 Å². The van der Waals surface area contributed by atoms with Crippen LogP contribution < -0.4 is 5.32 Å². The summed E-state index contributed by atoms with van der Waals surface area (Å²) in [6, 6.07) is 10.7. The fraction of sp³-hybridized carbons (Fsp3) is 0.556. The van der Waals surface area contributed by atoms with Gasteiger partial charge in [0.05, 0.1) is 12.1 Å². The van der Waals surface area contributed by atoms with Crippen LogP contribution in [0, 0.1) is 16.7 Å². The standard InChI is InChI=1S/C18H22N2O/c19-13-18(11-4-1-5-12-18)17(21)20-16-10-6-8-14-7-2-3-9-15(14)16/h2-3,7,9,16H,1,4-6,8,10-12H2,(H,20,21). The molecule has 0 bridgehead atoms. The van der Waals surface area contributed by atoms with E-state index in [4.69, 9.17) is 0 Å². The Labute approximate surface area is 126 Å². The van der Waals surface area contributed by atoms with Crippen LogP contribution in [0.25, 0.3) is 0 Å². The van der Waals surface area contributed by atoms with E-state index in [-0.39, 0.29) is 11.9 Å². The zero-order chi connectivity index (χ0) is 14.7. The summed E-state index contributed by atoms with van der Waals surface area (Å²) in [5, 5.41) is 12.7. The molecule has 1 amide bonds. The summed E-state index contributed by atoms with van der Waals surface area (Å²) in [4.78, 5) is 12.7. The van der Waals surface area contributed by atoms with Crippen LogP contribution in [0.4, 0.5) is 0 Å². The summed E-state index contributed by atoms with van der Waals surface area (Å²) in [7, 11) is 0. The predicted octanol–water partition coefficient (Wildman–Crippen LogP) is 3.65. The molecule has 1 unspecified atom stereocenters. The molecule has 0 aliphatic heterocycles. The van der Waals surface area contributed by atoms with Crippen molar-refractivity contribution in [2.24, 2.45) is 5.41 Å². The first-order chi connectivity index (χ1) is 10.2. The Balaban J connectivity index is 1.78. The first-order valence-corrected chi connectivity index (χ1v) is 8.05. The molecule has 1 aromatic rings. The van der Waals surface area contributed by atoms with Gasteiger partial charge in [0.2, 0.25) is 5.91 Å². The largest absolute Gasteiger partial charge is 0.348 e. The molecule has 3 heteroatoms. The van der Waals surface area contributed by atoms with E-state index in [1.807, 2.05) is 6.07 Å². The van der Waals surface area contributed by atoms with Gasteiger partial charge in [0.25, 0.3) is 0 Å². The fourth-order valence-electron chi connectivity index (χ4n) is 3.75. The second kappa shape index (κ2) is 5.89. The number of fused-ring (bicyclic) bond motifs is 1. The molecule has 0 heterocycles. The van der Waals surface area contributed by atoms with Crippen LogP contribution in [0.2, 0.25) is 0 Å². The van der Waals surface area contributed by atoms with E-state index < -0.39 is 5.41 Å².